The molecule has 1 aliphatic rings. The van der Waals surface area contributed by atoms with Crippen LogP contribution in [-0.2, 0) is 28.6 Å². The van der Waals surface area contributed by atoms with Gasteiger partial charge in [-0.05, 0) is 0 Å². The maximum Gasteiger partial charge on any atom is 0.317 e. The van der Waals surface area contributed by atoms with Crippen molar-refractivity contribution in [1.29, 1.82) is 0 Å². The van der Waals surface area contributed by atoms with Crippen molar-refractivity contribution in [2.75, 3.05) is 98.5 Å². The number of aliphatic carboxylic acids is 3. The molecular weight excluding hydrogens is 402 g/mol. The summed E-state index contributed by atoms with van der Waals surface area (Å²) in [6.07, 6.45) is 0. The maximum absolute atomic E-state index is 11.0. The lowest BCUT2D eigenvalue weighted by Gasteiger charge is -2.24. The smallest absolute Gasteiger partial charge is 0.317 e. The normalized spacial score (nSPS) is 20.8. The van der Waals surface area contributed by atoms with E-state index < -0.39 is 17.9 Å². The van der Waals surface area contributed by atoms with Gasteiger partial charge in [0.15, 0.2) is 0 Å². The summed E-state index contributed by atoms with van der Waals surface area (Å²) in [5, 5.41) is 27.1. The molecule has 1 aliphatic heterocycles. The van der Waals surface area contributed by atoms with Gasteiger partial charge in [-0.15, -0.1) is 0 Å². The van der Waals surface area contributed by atoms with Gasteiger partial charge in [0.1, 0.15) is 0 Å². The number of carboxylic acid groups (broad SMARTS) is 3. The van der Waals surface area contributed by atoms with Crippen molar-refractivity contribution in [2.24, 2.45) is 0 Å². The molecule has 1 saturated heterocycles. The van der Waals surface area contributed by atoms with Crippen LogP contribution in [0.15, 0.2) is 0 Å². The third kappa shape index (κ3) is 14.2. The first-order chi connectivity index (χ1) is 14.4. The maximum atomic E-state index is 11.0. The quantitative estimate of drug-likeness (QED) is 0.432. The molecule has 1 heterocycles. The SMILES string of the molecule is O=C(O)CN1CCOCCN(CC(=O)O)CCOCCN(CC(=O)O)CCOCC1. The summed E-state index contributed by atoms with van der Waals surface area (Å²) in [5.74, 6) is -2.84. The lowest BCUT2D eigenvalue weighted by molar-refractivity contribution is -0.139. The molecule has 0 spiro atoms. The van der Waals surface area contributed by atoms with E-state index in [9.17, 15) is 14.4 Å². The Bertz CT molecular complexity index is 432. The van der Waals surface area contributed by atoms with Gasteiger partial charge in [0.25, 0.3) is 0 Å². The second-order valence-corrected chi connectivity index (χ2v) is 6.85. The molecular formula is C18H33N3O9. The molecule has 12 nitrogen and oxygen atoms in total. The first kappa shape index (κ1) is 26.2. The molecule has 3 N–H and O–H groups in total. The van der Waals surface area contributed by atoms with Crippen LogP contribution in [0.25, 0.3) is 0 Å². The summed E-state index contributed by atoms with van der Waals surface area (Å²) in [5.41, 5.74) is 0. The second-order valence-electron chi connectivity index (χ2n) is 6.85. The van der Waals surface area contributed by atoms with Crippen molar-refractivity contribution in [2.45, 2.75) is 0 Å². The fourth-order valence-corrected chi connectivity index (χ4v) is 2.85. The van der Waals surface area contributed by atoms with Crippen LogP contribution >= 0.6 is 0 Å². The van der Waals surface area contributed by atoms with E-state index in [4.69, 9.17) is 29.5 Å². The van der Waals surface area contributed by atoms with Crippen molar-refractivity contribution in [3.8, 4) is 0 Å². The summed E-state index contributed by atoms with van der Waals surface area (Å²) >= 11 is 0. The molecule has 1 fully saturated rings. The van der Waals surface area contributed by atoms with Crippen molar-refractivity contribution >= 4 is 17.9 Å². The van der Waals surface area contributed by atoms with Gasteiger partial charge in [-0.25, -0.2) is 0 Å². The molecule has 0 atom stereocenters. The molecule has 0 aliphatic carbocycles. The number of rotatable bonds is 6. The predicted molar refractivity (Wildman–Crippen MR) is 105 cm³/mol. The summed E-state index contributed by atoms with van der Waals surface area (Å²) in [7, 11) is 0. The fourth-order valence-electron chi connectivity index (χ4n) is 2.85. The predicted octanol–water partition coefficient (Wildman–Crippen LogP) is -1.79. The van der Waals surface area contributed by atoms with E-state index in [1.54, 1.807) is 14.7 Å². The monoisotopic (exact) mass is 435 g/mol. The third-order valence-corrected chi connectivity index (χ3v) is 4.39. The average molecular weight is 435 g/mol. The number of carbonyl (C=O) groups is 3. The van der Waals surface area contributed by atoms with Crippen LogP contribution in [0.2, 0.25) is 0 Å². The van der Waals surface area contributed by atoms with Gasteiger partial charge in [0.2, 0.25) is 0 Å². The van der Waals surface area contributed by atoms with Crippen LogP contribution in [0.4, 0.5) is 0 Å². The molecule has 0 aromatic rings. The number of hydrogen-bond donors (Lipinski definition) is 3. The van der Waals surface area contributed by atoms with Gasteiger partial charge in [-0.2, -0.15) is 0 Å². The molecule has 0 radical (unpaired) electrons. The molecule has 0 unspecified atom stereocenters. The average Bonchev–Trinajstić information content (AvgIpc) is 2.64. The number of carboxylic acids is 3. The molecule has 174 valence electrons. The fraction of sp³-hybridized carbons (Fsp3) is 0.833. The highest BCUT2D eigenvalue weighted by atomic mass is 16.5. The summed E-state index contributed by atoms with van der Waals surface area (Å²) in [4.78, 5) is 38.2. The minimum Gasteiger partial charge on any atom is -0.480 e. The van der Waals surface area contributed by atoms with Crippen molar-refractivity contribution in [3.63, 3.8) is 0 Å². The Morgan fingerprint density at radius 3 is 0.867 bits per heavy atom. The second kappa shape index (κ2) is 15.9. The van der Waals surface area contributed by atoms with E-state index in [1.807, 2.05) is 0 Å². The van der Waals surface area contributed by atoms with E-state index in [-0.39, 0.29) is 19.6 Å². The molecule has 0 saturated carbocycles. The first-order valence-corrected chi connectivity index (χ1v) is 9.92. The highest BCUT2D eigenvalue weighted by Crippen LogP contribution is 1.96. The van der Waals surface area contributed by atoms with Crippen LogP contribution in [0.5, 0.6) is 0 Å². The zero-order valence-corrected chi connectivity index (χ0v) is 17.2. The van der Waals surface area contributed by atoms with E-state index in [1.165, 1.54) is 0 Å². The molecule has 1 rings (SSSR count). The minimum absolute atomic E-state index is 0.139. The van der Waals surface area contributed by atoms with Crippen LogP contribution < -0.4 is 0 Å². The van der Waals surface area contributed by atoms with Crippen LogP contribution in [0.1, 0.15) is 0 Å². The molecule has 0 aromatic heterocycles. The number of hydrogen-bond acceptors (Lipinski definition) is 9. The van der Waals surface area contributed by atoms with E-state index >= 15 is 0 Å². The standard InChI is InChI=1S/C18H33N3O9/c22-16(23)13-19-1-7-28-9-3-20(14-17(24)25)5-11-30-12-6-21(15-18(26)27)4-10-29-8-2-19/h1-15H2,(H,22,23)(H,24,25)(H,26,27). The Labute approximate surface area is 175 Å². The van der Waals surface area contributed by atoms with Crippen molar-refractivity contribution in [3.05, 3.63) is 0 Å². The van der Waals surface area contributed by atoms with Crippen molar-refractivity contribution in [1.82, 2.24) is 14.7 Å². The number of nitrogens with zero attached hydrogens (tertiary/aromatic N) is 3. The van der Waals surface area contributed by atoms with E-state index in [0.29, 0.717) is 78.9 Å². The lowest BCUT2D eigenvalue weighted by Crippen LogP contribution is -2.39. The van der Waals surface area contributed by atoms with Crippen LogP contribution in [0, 0.1) is 0 Å². The zero-order valence-electron chi connectivity index (χ0n) is 17.2. The summed E-state index contributed by atoms with van der Waals surface area (Å²) in [6.45, 7) is 3.92. The molecule has 0 aromatic carbocycles. The van der Waals surface area contributed by atoms with Gasteiger partial charge in [-0.3, -0.25) is 29.1 Å². The Morgan fingerprint density at radius 1 is 0.500 bits per heavy atom. The lowest BCUT2D eigenvalue weighted by atomic mass is 10.4. The first-order valence-electron chi connectivity index (χ1n) is 9.92. The molecule has 0 bridgehead atoms. The summed E-state index contributed by atoms with van der Waals surface area (Å²) < 4.78 is 16.6. The highest BCUT2D eigenvalue weighted by Gasteiger charge is 2.13. The summed E-state index contributed by atoms with van der Waals surface area (Å²) in [6, 6.07) is 0. The largest absolute Gasteiger partial charge is 0.480 e. The molecule has 30 heavy (non-hydrogen) atoms. The van der Waals surface area contributed by atoms with Gasteiger partial charge >= 0.3 is 17.9 Å². The zero-order chi connectivity index (χ0) is 22.2. The Morgan fingerprint density at radius 2 is 0.700 bits per heavy atom. The Kier molecular flexibility index (Phi) is 13.9. The van der Waals surface area contributed by atoms with Crippen molar-refractivity contribution < 1.29 is 43.9 Å². The third-order valence-electron chi connectivity index (χ3n) is 4.39. The van der Waals surface area contributed by atoms with Gasteiger partial charge in [-0.1, -0.05) is 0 Å². The Hall–Kier alpha value is -1.83. The highest BCUT2D eigenvalue weighted by molar-refractivity contribution is 5.69. The topological polar surface area (TPSA) is 149 Å². The van der Waals surface area contributed by atoms with E-state index in [0.717, 1.165) is 0 Å². The van der Waals surface area contributed by atoms with Crippen LogP contribution in [0.3, 0.4) is 0 Å². The van der Waals surface area contributed by atoms with Gasteiger partial charge in [0, 0.05) is 39.3 Å². The minimum atomic E-state index is -0.947. The molecule has 0 amide bonds. The van der Waals surface area contributed by atoms with Crippen LogP contribution in [-0.4, -0.2) is 146 Å². The van der Waals surface area contributed by atoms with Gasteiger partial charge in [0.05, 0.1) is 59.3 Å². The van der Waals surface area contributed by atoms with E-state index in [2.05, 4.69) is 0 Å². The Balaban J connectivity index is 2.62. The molecule has 12 heteroatoms. The van der Waals surface area contributed by atoms with Gasteiger partial charge < -0.3 is 29.5 Å². The number of ether oxygens (including phenoxy) is 3.